The highest BCUT2D eigenvalue weighted by molar-refractivity contribution is 6.24. The maximum absolute atomic E-state index is 14.4. The molecule has 4 atom stereocenters. The average molecular weight is 525 g/mol. The first-order valence-corrected chi connectivity index (χ1v) is 10.7. The second-order valence-electron chi connectivity index (χ2n) is 9.25. The highest BCUT2D eigenvalue weighted by Gasteiger charge is 2.64. The molecule has 3 aliphatic carbocycles. The van der Waals surface area contributed by atoms with Gasteiger partial charge in [-0.15, -0.1) is 0 Å². The van der Waals surface area contributed by atoms with Crippen molar-refractivity contribution in [2.45, 2.75) is 31.9 Å². The smallest absolute Gasteiger partial charge is 0.306 e. The van der Waals surface area contributed by atoms with Crippen molar-refractivity contribution in [1.82, 2.24) is 4.90 Å². The summed E-state index contributed by atoms with van der Waals surface area (Å²) in [6, 6.07) is -0.552. The molecule has 0 radical (unpaired) electrons. The van der Waals surface area contributed by atoms with Crippen LogP contribution in [0.1, 0.15) is 30.5 Å². The zero-order chi connectivity index (χ0) is 27.0. The zero-order valence-corrected chi connectivity index (χ0v) is 19.0. The molecule has 1 fully saturated rings. The van der Waals surface area contributed by atoms with Crippen LogP contribution in [-0.2, 0) is 20.8 Å². The van der Waals surface area contributed by atoms with E-state index in [1.54, 1.807) is 0 Å². The van der Waals surface area contributed by atoms with E-state index >= 15 is 0 Å². The summed E-state index contributed by atoms with van der Waals surface area (Å²) in [5.74, 6) is -11.0. The van der Waals surface area contributed by atoms with Crippen LogP contribution in [0.5, 0.6) is 5.75 Å². The van der Waals surface area contributed by atoms with Gasteiger partial charge in [-0.3, -0.25) is 19.3 Å². The Morgan fingerprint density at radius 1 is 1.16 bits per heavy atom. The summed E-state index contributed by atoms with van der Waals surface area (Å²) < 4.78 is 40.6. The van der Waals surface area contributed by atoms with Crippen molar-refractivity contribution < 1.29 is 48.0 Å². The van der Waals surface area contributed by atoms with Crippen molar-refractivity contribution in [2.75, 3.05) is 19.8 Å². The number of aliphatic hydroxyl groups is 3. The normalized spacial score (nSPS) is 26.8. The lowest BCUT2D eigenvalue weighted by Crippen LogP contribution is -2.65. The van der Waals surface area contributed by atoms with Gasteiger partial charge in [0, 0.05) is 17.1 Å². The van der Waals surface area contributed by atoms with Gasteiger partial charge in [-0.1, -0.05) is 7.43 Å². The maximum Gasteiger partial charge on any atom is 0.306 e. The first-order chi connectivity index (χ1) is 16.7. The minimum atomic E-state index is -2.86. The van der Waals surface area contributed by atoms with Crippen LogP contribution in [0.4, 0.5) is 18.9 Å². The van der Waals surface area contributed by atoms with E-state index in [4.69, 9.17) is 11.5 Å². The number of hydrogen-bond acceptors (Lipinski definition) is 9. The first-order valence-electron chi connectivity index (χ1n) is 10.7. The topological polar surface area (TPSA) is 187 Å². The number of aromatic hydroxyl groups is 1. The fourth-order valence-corrected chi connectivity index (χ4v) is 5.63. The number of hydrogen-bond donors (Lipinski definition) is 6. The molecular formula is C24H26F3N3O7. The van der Waals surface area contributed by atoms with E-state index in [0.29, 0.717) is 0 Å². The third-order valence-corrected chi connectivity index (χ3v) is 7.15. The van der Waals surface area contributed by atoms with E-state index in [9.17, 15) is 48.0 Å². The Morgan fingerprint density at radius 2 is 1.76 bits per heavy atom. The van der Waals surface area contributed by atoms with Gasteiger partial charge in [0.2, 0.25) is 5.78 Å². The van der Waals surface area contributed by atoms with Gasteiger partial charge in [0.05, 0.1) is 17.3 Å². The molecule has 13 heteroatoms. The van der Waals surface area contributed by atoms with Gasteiger partial charge in [0.25, 0.3) is 5.91 Å². The van der Waals surface area contributed by atoms with Gasteiger partial charge >= 0.3 is 6.08 Å². The molecule has 0 spiro atoms. The van der Waals surface area contributed by atoms with Gasteiger partial charge in [0.1, 0.15) is 22.8 Å². The van der Waals surface area contributed by atoms with Crippen LogP contribution in [0.15, 0.2) is 29.1 Å². The lowest BCUT2D eigenvalue weighted by atomic mass is 9.57. The van der Waals surface area contributed by atoms with Crippen molar-refractivity contribution in [1.29, 1.82) is 0 Å². The van der Waals surface area contributed by atoms with Crippen LogP contribution < -0.4 is 11.5 Å². The van der Waals surface area contributed by atoms with Crippen molar-refractivity contribution in [2.24, 2.45) is 17.6 Å². The Kier molecular flexibility index (Phi) is 6.69. The Bertz CT molecular complexity index is 1350. The minimum absolute atomic E-state index is 0. The van der Waals surface area contributed by atoms with E-state index in [0.717, 1.165) is 6.07 Å². The number of nitrogens with zero attached hydrogens (tertiary/aromatic N) is 1. The molecule has 0 aliphatic heterocycles. The van der Waals surface area contributed by atoms with E-state index in [2.05, 4.69) is 0 Å². The summed E-state index contributed by atoms with van der Waals surface area (Å²) in [5, 5.41) is 43.7. The van der Waals surface area contributed by atoms with Gasteiger partial charge in [0.15, 0.2) is 17.2 Å². The molecule has 200 valence electrons. The molecule has 4 rings (SSSR count). The Balaban J connectivity index is 0.00000380. The number of fused-ring (bicyclic) bond motifs is 3. The monoisotopic (exact) mass is 525 g/mol. The molecule has 0 heterocycles. The minimum Gasteiger partial charge on any atom is -0.508 e. The number of aliphatic hydroxyl groups excluding tert-OH is 2. The molecule has 37 heavy (non-hydrogen) atoms. The zero-order valence-electron chi connectivity index (χ0n) is 19.0. The van der Waals surface area contributed by atoms with Gasteiger partial charge in [-0.25, -0.2) is 4.39 Å². The fraction of sp³-hybridized carbons (Fsp3) is 0.375. The third-order valence-electron chi connectivity index (χ3n) is 7.15. The first kappa shape index (κ1) is 27.7. The number of primary amides is 1. The summed E-state index contributed by atoms with van der Waals surface area (Å²) in [7, 11) is 2.85. The van der Waals surface area contributed by atoms with Crippen LogP contribution >= 0.6 is 0 Å². The number of carbonyl (C=O) groups is 3. The number of phenols is 1. The molecule has 0 bridgehead atoms. The van der Waals surface area contributed by atoms with Crippen LogP contribution in [0.3, 0.4) is 0 Å². The van der Waals surface area contributed by atoms with Crippen molar-refractivity contribution in [3.05, 3.63) is 45.7 Å². The van der Waals surface area contributed by atoms with Crippen LogP contribution in [0.25, 0.3) is 11.6 Å². The lowest BCUT2D eigenvalue weighted by Gasteiger charge is -2.50. The maximum atomic E-state index is 14.4. The standard InChI is InChI=1S/C23H22F3N3O7.CH4/c1-29(2)15-9-4-6-3-7-8(14(24)21(25)26)5-10(27)16(30)12(7)17(31)11(6)19(33)23(9,36)20(34)13(18(15)32)22(28)35;/h5-6,9,15,30-31,34,36H,3-4,27H2,1-2H3,(H2,28,35);1H4/t6-,9-,15-,23-;/m0./s1. The van der Waals surface area contributed by atoms with E-state index in [1.165, 1.54) is 19.0 Å². The number of halogens is 3. The second-order valence-corrected chi connectivity index (χ2v) is 9.25. The lowest BCUT2D eigenvalue weighted by molar-refractivity contribution is -0.153. The molecule has 1 saturated carbocycles. The van der Waals surface area contributed by atoms with Crippen molar-refractivity contribution in [3.63, 3.8) is 0 Å². The number of nitrogen functional groups attached to an aromatic ring is 1. The van der Waals surface area contributed by atoms with Gasteiger partial charge in [-0.2, -0.15) is 8.78 Å². The molecule has 0 saturated heterocycles. The number of ketones is 2. The number of nitrogens with two attached hydrogens (primary N) is 2. The summed E-state index contributed by atoms with van der Waals surface area (Å²) >= 11 is 0. The van der Waals surface area contributed by atoms with E-state index in [1.807, 2.05) is 0 Å². The molecule has 1 amide bonds. The number of anilines is 1. The van der Waals surface area contributed by atoms with Gasteiger partial charge in [-0.05, 0) is 44.5 Å². The SMILES string of the molecule is C.CN(C)[C@@H]1C(=O)C(C(N)=O)=C(O)[C@@]2(O)C(=O)C3=C(O)c4c(O)c(N)cc(C(F)=C(F)F)c4C[C@H]3C[C@@H]12. The Labute approximate surface area is 209 Å². The Morgan fingerprint density at radius 3 is 2.27 bits per heavy atom. The number of carbonyl (C=O) groups excluding carboxylic acids is 3. The predicted octanol–water partition coefficient (Wildman–Crippen LogP) is 1.72. The predicted molar refractivity (Wildman–Crippen MR) is 126 cm³/mol. The number of rotatable bonds is 3. The van der Waals surface area contributed by atoms with E-state index in [-0.39, 0.29) is 25.8 Å². The van der Waals surface area contributed by atoms with Crippen molar-refractivity contribution in [3.8, 4) is 5.75 Å². The summed E-state index contributed by atoms with van der Waals surface area (Å²) in [6.07, 6.45) is -3.32. The number of Topliss-reactive ketones (excluding diaryl/α,β-unsaturated/α-hetero) is 2. The second kappa shape index (κ2) is 8.92. The van der Waals surface area contributed by atoms with Crippen LogP contribution in [-0.4, -0.2) is 68.5 Å². The number of phenolic OH excluding ortho intramolecular Hbond substituents is 1. The fourth-order valence-electron chi connectivity index (χ4n) is 5.63. The highest BCUT2D eigenvalue weighted by atomic mass is 19.3. The van der Waals surface area contributed by atoms with Crippen molar-refractivity contribution >= 4 is 34.7 Å². The number of benzene rings is 1. The molecule has 3 aliphatic rings. The number of amides is 1. The third kappa shape index (κ3) is 3.60. The molecular weight excluding hydrogens is 499 g/mol. The molecule has 10 nitrogen and oxygen atoms in total. The molecule has 0 unspecified atom stereocenters. The highest BCUT2D eigenvalue weighted by Crippen LogP contribution is 2.54. The van der Waals surface area contributed by atoms with Crippen LogP contribution in [0.2, 0.25) is 0 Å². The van der Waals surface area contributed by atoms with Gasteiger partial charge < -0.3 is 31.9 Å². The summed E-state index contributed by atoms with van der Waals surface area (Å²) in [4.78, 5) is 39.9. The summed E-state index contributed by atoms with van der Waals surface area (Å²) in [5.41, 5.74) is 4.38. The largest absolute Gasteiger partial charge is 0.508 e. The molecule has 0 aromatic heterocycles. The molecule has 1 aromatic rings. The summed E-state index contributed by atoms with van der Waals surface area (Å²) in [6.45, 7) is 0. The van der Waals surface area contributed by atoms with E-state index < -0.39 is 98.1 Å². The molecule has 1 aromatic carbocycles. The Hall–Kier alpha value is -3.84. The molecule has 8 N–H and O–H groups in total. The number of likely N-dealkylation sites (N-methyl/N-ethyl adjacent to an activating group) is 1. The average Bonchev–Trinajstić information content (AvgIpc) is 2.77. The van der Waals surface area contributed by atoms with Crippen LogP contribution in [0, 0.1) is 11.8 Å². The quantitative estimate of drug-likeness (QED) is 0.194.